The molecule has 3 aliphatic heterocycles. The molecule has 3 fully saturated rings. The first-order valence-electron chi connectivity index (χ1n) is 45.3. The van der Waals surface area contributed by atoms with Gasteiger partial charge in [0, 0.05) is 102 Å². The van der Waals surface area contributed by atoms with Crippen molar-refractivity contribution in [1.82, 2.24) is 87.2 Å². The number of nitrogens with two attached hydrogens (primary N) is 4. The molecular formula is C91H133N21O20. The van der Waals surface area contributed by atoms with Crippen LogP contribution in [0, 0.1) is 11.8 Å². The molecule has 8 rings (SSSR count). The van der Waals surface area contributed by atoms with Gasteiger partial charge >= 0.3 is 0 Å². The van der Waals surface area contributed by atoms with Gasteiger partial charge in [-0.1, -0.05) is 116 Å². The van der Waals surface area contributed by atoms with Crippen LogP contribution in [0.25, 0.3) is 21.8 Å². The molecule has 0 radical (unpaired) electrons. The zero-order valence-corrected chi connectivity index (χ0v) is 76.9. The number of phenols is 1. The minimum atomic E-state index is -1.75. The molecule has 21 N–H and O–H groups in total. The fourth-order valence-electron chi connectivity index (χ4n) is 16.9. The van der Waals surface area contributed by atoms with Crippen LogP contribution in [0.3, 0.4) is 0 Å². The van der Waals surface area contributed by atoms with Gasteiger partial charge in [-0.15, -0.1) is 0 Å². The van der Waals surface area contributed by atoms with Crippen LogP contribution in [0.15, 0.2) is 85.2 Å². The maximum absolute atomic E-state index is 16.0. The number of aromatic hydroxyl groups is 1. The van der Waals surface area contributed by atoms with Gasteiger partial charge in [0.15, 0.2) is 6.73 Å². The first-order valence-corrected chi connectivity index (χ1v) is 45.3. The average Bonchev–Trinajstić information content (AvgIpc) is 1.66. The minimum absolute atomic E-state index is 0.00248. The number of amides is 16. The van der Waals surface area contributed by atoms with Gasteiger partial charge in [-0.25, -0.2) is 0 Å². The normalized spacial score (nSPS) is 25.2. The number of primary amides is 2. The number of rotatable bonds is 27. The molecule has 0 aliphatic carbocycles. The molecule has 41 nitrogen and oxygen atoms in total. The lowest BCUT2D eigenvalue weighted by Gasteiger charge is -2.36. The lowest BCUT2D eigenvalue weighted by molar-refractivity contribution is -0.149. The number of hydrogen-bond donors (Lipinski definition) is 17. The molecule has 16 amide bonds. The number of phenolic OH excluding ortho intramolecular Hbond substituents is 1. The lowest BCUT2D eigenvalue weighted by atomic mass is 9.99. The van der Waals surface area contributed by atoms with Gasteiger partial charge in [0.2, 0.25) is 94.5 Å². The third-order valence-electron chi connectivity index (χ3n) is 24.2. The Labute approximate surface area is 767 Å². The molecule has 3 aliphatic rings. The molecule has 5 aromatic rings. The third kappa shape index (κ3) is 28.7. The summed E-state index contributed by atoms with van der Waals surface area (Å²) in [7, 11) is 4.00. The molecule has 15 atom stereocenters. The molecule has 41 heteroatoms. The Morgan fingerprint density at radius 2 is 1.10 bits per heavy atom. The number of para-hydroxylation sites is 2. The lowest BCUT2D eigenvalue weighted by Crippen LogP contribution is -2.61. The van der Waals surface area contributed by atoms with Crippen molar-refractivity contribution in [1.29, 1.82) is 0 Å². The Kier molecular flexibility index (Phi) is 39.8. The number of fused-ring (bicyclic) bond motifs is 4. The van der Waals surface area contributed by atoms with Crippen molar-refractivity contribution in [3.8, 4) is 5.75 Å². The molecule has 0 spiro atoms. The first-order chi connectivity index (χ1) is 62.8. The van der Waals surface area contributed by atoms with Crippen LogP contribution in [-0.2, 0) is 112 Å². The zero-order valence-electron chi connectivity index (χ0n) is 76.9. The molecule has 0 saturated carbocycles. The van der Waals surface area contributed by atoms with E-state index in [0.717, 1.165) is 14.7 Å². The van der Waals surface area contributed by atoms with E-state index in [4.69, 9.17) is 27.7 Å². The van der Waals surface area contributed by atoms with Gasteiger partial charge in [0.1, 0.15) is 90.3 Å². The quantitative estimate of drug-likeness (QED) is 0.0206. The predicted octanol–water partition coefficient (Wildman–Crippen LogP) is -1.67. The summed E-state index contributed by atoms with van der Waals surface area (Å²) in [6, 6.07) is -1.18. The van der Waals surface area contributed by atoms with Crippen molar-refractivity contribution in [3.63, 3.8) is 0 Å². The molecule has 722 valence electrons. The number of aromatic nitrogens is 2. The highest BCUT2D eigenvalue weighted by Gasteiger charge is 2.47. The highest BCUT2D eigenvalue weighted by Crippen LogP contribution is 2.29. The van der Waals surface area contributed by atoms with Crippen molar-refractivity contribution < 1.29 is 96.5 Å². The third-order valence-corrected chi connectivity index (χ3v) is 24.2. The fourth-order valence-corrected chi connectivity index (χ4v) is 16.9. The maximum atomic E-state index is 16.0. The van der Waals surface area contributed by atoms with Crippen LogP contribution >= 0.6 is 0 Å². The molecule has 0 bridgehead atoms. The summed E-state index contributed by atoms with van der Waals surface area (Å²) in [6.45, 7) is 9.98. The summed E-state index contributed by atoms with van der Waals surface area (Å²) in [6.07, 6.45) is 2.39. The van der Waals surface area contributed by atoms with Gasteiger partial charge in [0.25, 0.3) is 6.47 Å². The van der Waals surface area contributed by atoms with Gasteiger partial charge in [-0.3, -0.25) is 81.5 Å². The summed E-state index contributed by atoms with van der Waals surface area (Å²) in [5.41, 5.74) is 26.5. The van der Waals surface area contributed by atoms with Crippen molar-refractivity contribution in [2.75, 3.05) is 60.4 Å². The van der Waals surface area contributed by atoms with Crippen molar-refractivity contribution >= 4 is 123 Å². The number of aliphatic hydroxyl groups is 1. The van der Waals surface area contributed by atoms with Crippen LogP contribution in [0.4, 0.5) is 0 Å². The fraction of sp³-hybridized carbons (Fsp3) is 0.571. The minimum Gasteiger partial charge on any atom is -0.508 e. The summed E-state index contributed by atoms with van der Waals surface area (Å²) in [5, 5.41) is 50.1. The van der Waals surface area contributed by atoms with E-state index < -0.39 is 218 Å². The Morgan fingerprint density at radius 3 is 1.75 bits per heavy atom. The number of carbonyl (C=O) groups excluding carboxylic acids is 17. The van der Waals surface area contributed by atoms with Crippen molar-refractivity contribution in [3.05, 3.63) is 102 Å². The number of ether oxygens (including phenoxy) is 1. The van der Waals surface area contributed by atoms with Crippen LogP contribution in [0.1, 0.15) is 161 Å². The summed E-state index contributed by atoms with van der Waals surface area (Å²) < 4.78 is 6.82. The highest BCUT2D eigenvalue weighted by molar-refractivity contribution is 6.02. The Bertz CT molecular complexity index is 4890. The largest absolute Gasteiger partial charge is 0.508 e. The molecule has 5 heterocycles. The SMILES string of the molecule is CCCC[C@H]1C(=O)N(C)[C@@H](CCCC)C(=O)NC(CC(C)C)C(=O)N[C@H](C(N)=O)CNCC(=O)N[C@@H](Cc2ccc(O)cc2)C(=O)N(C)[C@@H](C)C(=O)N[C@@H](CC(N)=O)C(=O)N2CCC[C@H]2C(=O)N[C@@H](CN)C(=O)N[C@@H](CC(C)C)C(=O)N2C[C@H](O)C[C@H]2C(=O)N[C@@H](Cc2c[nH]c3ccccc23)C(=O)N[C@@H](CCCCN)C(=O)N[C@@H](Cc2cn(COC=O)c3ccccc23)C(=O)N1C. The molecule has 1 unspecified atom stereocenters. The maximum Gasteiger partial charge on any atom is 0.294 e. The standard InChI is InChI=1S/C91H133N21O20/c1-11-13-26-72-84(124)100-63(36-51(3)4)81(121)106-70(78(95)118)45-96-46-77(117)98-66(38-54-30-32-57(114)33-31-54)87(127)107(8)53(7)79(119)102-68(42-76(94)116)89(129)111-35-21-29-73(111)85(125)105-69(43-93)83(123)103-65(37-52(5)6)90(130)112-48-58(115)41-75(112)86(126)101-64(39-55-44-97-61-24-17-15-22-59(55)61)82(122)99-62(25-19-20-34-92)80(120)104-67(88(128)109(10)74(27-14-12-2)91(131)108(72)9)40-56-47-110(49-132-50-113)71-28-18-16-23-60(56)71/h15-18,22-24,28,30-33,44,47,50-53,58,62-70,72-75,96-97,114-115H,11-14,19-21,25-27,29,34-43,45-46,48-49,92-93H2,1-10H3,(H2,94,116)(H2,95,118)(H,98,117)(H,99,122)(H,100,124)(H,101,126)(H,102,119)(H,103,123)(H,104,120)(H,105,125)(H,106,121)/t53-,58+,62-,63?,64-,65-,66-,67-,68-,69-,70-,72-,73-,74-,75-/m0/s1. The summed E-state index contributed by atoms with van der Waals surface area (Å²) >= 11 is 0. The predicted molar refractivity (Wildman–Crippen MR) is 486 cm³/mol. The number of H-pyrrole nitrogens is 1. The second-order valence-corrected chi connectivity index (χ2v) is 35.2. The van der Waals surface area contributed by atoms with E-state index in [-0.39, 0.29) is 121 Å². The second kappa shape index (κ2) is 50.1. The highest BCUT2D eigenvalue weighted by atomic mass is 16.5. The van der Waals surface area contributed by atoms with Crippen molar-refractivity contribution in [2.45, 2.75) is 261 Å². The van der Waals surface area contributed by atoms with Gasteiger partial charge in [0.05, 0.1) is 24.6 Å². The summed E-state index contributed by atoms with van der Waals surface area (Å²) in [5.74, 6) is -15.3. The number of unbranched alkanes of at least 4 members (excludes halogenated alkanes) is 3. The van der Waals surface area contributed by atoms with Crippen LogP contribution in [-0.4, -0.2) is 296 Å². The zero-order chi connectivity index (χ0) is 96.9. The number of aromatic amines is 1. The molecule has 132 heavy (non-hydrogen) atoms. The van der Waals surface area contributed by atoms with Gasteiger partial charge in [-0.05, 0) is 124 Å². The number of likely N-dealkylation sites (N-methyl/N-ethyl adjacent to an activating group) is 3. The number of carbonyl (C=O) groups is 17. The number of benzene rings is 3. The molecular weight excluding hydrogens is 1710 g/mol. The van der Waals surface area contributed by atoms with E-state index in [2.05, 4.69) is 58.2 Å². The van der Waals surface area contributed by atoms with E-state index in [1.807, 2.05) is 13.8 Å². The van der Waals surface area contributed by atoms with Crippen molar-refractivity contribution in [2.24, 2.45) is 34.8 Å². The second-order valence-electron chi connectivity index (χ2n) is 35.2. The monoisotopic (exact) mass is 1840 g/mol. The number of nitrogens with zero attached hydrogens (tertiary/aromatic N) is 6. The molecule has 3 saturated heterocycles. The number of hydrogen-bond acceptors (Lipinski definition) is 23. The van der Waals surface area contributed by atoms with Gasteiger partial charge in [-0.2, -0.15) is 0 Å². The average molecular weight is 1840 g/mol. The Hall–Kier alpha value is -12.6. The summed E-state index contributed by atoms with van der Waals surface area (Å²) in [4.78, 5) is 257. The number of aliphatic hydroxyl groups excluding tert-OH is 1. The Morgan fingerprint density at radius 1 is 0.545 bits per heavy atom. The van der Waals surface area contributed by atoms with Gasteiger partial charge < -0.3 is 125 Å². The van der Waals surface area contributed by atoms with E-state index >= 15 is 33.6 Å². The van der Waals surface area contributed by atoms with Crippen LogP contribution < -0.4 is 76.1 Å². The smallest absolute Gasteiger partial charge is 0.294 e. The van der Waals surface area contributed by atoms with E-state index in [9.17, 15) is 58.2 Å². The topological polar surface area (TPSA) is 601 Å². The molecule has 2 aromatic heterocycles. The van der Waals surface area contributed by atoms with E-state index in [1.165, 1.54) is 62.1 Å². The number of nitrogens with one attached hydrogen (secondary N) is 11. The van der Waals surface area contributed by atoms with E-state index in [0.29, 0.717) is 70.6 Å². The van der Waals surface area contributed by atoms with E-state index in [1.54, 1.807) is 93.2 Å². The van der Waals surface area contributed by atoms with Crippen LogP contribution in [0.5, 0.6) is 5.75 Å². The van der Waals surface area contributed by atoms with Crippen LogP contribution in [0.2, 0.25) is 0 Å². The Balaban J connectivity index is 1.20. The molecule has 3 aromatic carbocycles. The first kappa shape index (κ1) is 105.